The number of nitro benzene ring substituents is 1. The van der Waals surface area contributed by atoms with Crippen LogP contribution in [0, 0.1) is 23.0 Å². The molecular formula is C14H21N3O2. The lowest BCUT2D eigenvalue weighted by Gasteiger charge is -2.41. The van der Waals surface area contributed by atoms with Crippen molar-refractivity contribution >= 4 is 11.4 Å². The summed E-state index contributed by atoms with van der Waals surface area (Å²) in [6.45, 7) is 5.75. The van der Waals surface area contributed by atoms with Crippen LogP contribution in [0.2, 0.25) is 0 Å². The number of nitrogens with two attached hydrogens (primary N) is 1. The summed E-state index contributed by atoms with van der Waals surface area (Å²) in [6.07, 6.45) is 2.35. The van der Waals surface area contributed by atoms with E-state index in [4.69, 9.17) is 5.73 Å². The summed E-state index contributed by atoms with van der Waals surface area (Å²) >= 11 is 0. The molecule has 1 aromatic carbocycles. The van der Waals surface area contributed by atoms with Gasteiger partial charge in [-0.15, -0.1) is 0 Å². The van der Waals surface area contributed by atoms with Gasteiger partial charge in [-0.05, 0) is 37.3 Å². The monoisotopic (exact) mass is 263 g/mol. The average molecular weight is 263 g/mol. The Balaban J connectivity index is 2.32. The Hall–Kier alpha value is -1.62. The molecule has 1 fully saturated rings. The predicted molar refractivity (Wildman–Crippen MR) is 76.4 cm³/mol. The molecule has 2 rings (SSSR count). The van der Waals surface area contributed by atoms with Crippen LogP contribution in [0.4, 0.5) is 11.4 Å². The lowest BCUT2D eigenvalue weighted by Crippen LogP contribution is -2.49. The van der Waals surface area contributed by atoms with Gasteiger partial charge in [0.25, 0.3) is 5.69 Å². The third kappa shape index (κ3) is 2.71. The molecule has 0 aromatic heterocycles. The van der Waals surface area contributed by atoms with Crippen LogP contribution < -0.4 is 10.6 Å². The maximum absolute atomic E-state index is 10.8. The van der Waals surface area contributed by atoms with Crippen molar-refractivity contribution in [2.24, 2.45) is 11.7 Å². The minimum atomic E-state index is -0.351. The number of anilines is 1. The number of hydrogen-bond acceptors (Lipinski definition) is 4. The van der Waals surface area contributed by atoms with E-state index in [1.165, 1.54) is 6.42 Å². The molecule has 2 N–H and O–H groups in total. The lowest BCUT2D eigenvalue weighted by atomic mass is 9.90. The average Bonchev–Trinajstić information content (AvgIpc) is 2.38. The molecule has 1 aromatic rings. The summed E-state index contributed by atoms with van der Waals surface area (Å²) in [5.74, 6) is 0.563. The SMILES string of the molecule is Cc1cc([N+](=O)[O-])ccc1N1CCCC(C)C1CN. The third-order valence-corrected chi connectivity index (χ3v) is 4.06. The number of benzene rings is 1. The van der Waals surface area contributed by atoms with E-state index in [2.05, 4.69) is 11.8 Å². The minimum absolute atomic E-state index is 0.149. The summed E-state index contributed by atoms with van der Waals surface area (Å²) in [5.41, 5.74) is 8.07. The number of nitro groups is 1. The highest BCUT2D eigenvalue weighted by Crippen LogP contribution is 2.32. The molecule has 5 heteroatoms. The van der Waals surface area contributed by atoms with Crippen LogP contribution in [0.25, 0.3) is 0 Å². The fourth-order valence-corrected chi connectivity index (χ4v) is 2.98. The fraction of sp³-hybridized carbons (Fsp3) is 0.571. The first-order chi connectivity index (χ1) is 9.04. The van der Waals surface area contributed by atoms with Gasteiger partial charge in [0.1, 0.15) is 0 Å². The highest BCUT2D eigenvalue weighted by Gasteiger charge is 2.28. The molecular weight excluding hydrogens is 242 g/mol. The molecule has 0 aliphatic carbocycles. The standard InChI is InChI=1S/C14H21N3O2/c1-10-4-3-7-16(14(10)9-15)13-6-5-12(17(18)19)8-11(13)2/h5-6,8,10,14H,3-4,7,9,15H2,1-2H3. The van der Waals surface area contributed by atoms with Gasteiger partial charge in [0, 0.05) is 37.0 Å². The van der Waals surface area contributed by atoms with Gasteiger partial charge in [-0.25, -0.2) is 0 Å². The summed E-state index contributed by atoms with van der Waals surface area (Å²) in [6, 6.07) is 5.40. The van der Waals surface area contributed by atoms with Crippen molar-refractivity contribution in [2.75, 3.05) is 18.0 Å². The first kappa shape index (κ1) is 13.8. The van der Waals surface area contributed by atoms with Crippen LogP contribution in [-0.4, -0.2) is 24.1 Å². The molecule has 1 aliphatic heterocycles. The lowest BCUT2D eigenvalue weighted by molar-refractivity contribution is -0.384. The summed E-state index contributed by atoms with van der Waals surface area (Å²) < 4.78 is 0. The summed E-state index contributed by atoms with van der Waals surface area (Å²) in [4.78, 5) is 12.7. The number of hydrogen-bond donors (Lipinski definition) is 1. The van der Waals surface area contributed by atoms with E-state index in [1.807, 2.05) is 13.0 Å². The molecule has 0 spiro atoms. The Morgan fingerprint density at radius 1 is 1.53 bits per heavy atom. The van der Waals surface area contributed by atoms with Crippen LogP contribution in [0.5, 0.6) is 0 Å². The van der Waals surface area contributed by atoms with Crippen LogP contribution in [0.3, 0.4) is 0 Å². The molecule has 1 saturated heterocycles. The Morgan fingerprint density at radius 2 is 2.26 bits per heavy atom. The molecule has 0 saturated carbocycles. The molecule has 104 valence electrons. The molecule has 2 unspecified atom stereocenters. The number of rotatable bonds is 3. The van der Waals surface area contributed by atoms with E-state index >= 15 is 0 Å². The highest BCUT2D eigenvalue weighted by molar-refractivity contribution is 5.58. The zero-order valence-corrected chi connectivity index (χ0v) is 11.5. The fourth-order valence-electron chi connectivity index (χ4n) is 2.98. The van der Waals surface area contributed by atoms with Crippen molar-refractivity contribution < 1.29 is 4.92 Å². The van der Waals surface area contributed by atoms with Gasteiger partial charge in [0.2, 0.25) is 0 Å². The van der Waals surface area contributed by atoms with Crippen LogP contribution in [0.1, 0.15) is 25.3 Å². The van der Waals surface area contributed by atoms with Gasteiger partial charge in [-0.2, -0.15) is 0 Å². The third-order valence-electron chi connectivity index (χ3n) is 4.06. The van der Waals surface area contributed by atoms with E-state index in [9.17, 15) is 10.1 Å². The van der Waals surface area contributed by atoms with E-state index in [0.29, 0.717) is 18.5 Å². The Kier molecular flexibility index (Phi) is 4.04. The molecule has 0 bridgehead atoms. The van der Waals surface area contributed by atoms with Gasteiger partial charge in [-0.3, -0.25) is 10.1 Å². The van der Waals surface area contributed by atoms with E-state index < -0.39 is 0 Å². The van der Waals surface area contributed by atoms with Crippen LogP contribution in [-0.2, 0) is 0 Å². The second-order valence-electron chi connectivity index (χ2n) is 5.34. The topological polar surface area (TPSA) is 72.4 Å². The summed E-state index contributed by atoms with van der Waals surface area (Å²) in [5, 5.41) is 10.8. The van der Waals surface area contributed by atoms with Crippen molar-refractivity contribution in [3.63, 3.8) is 0 Å². The second-order valence-corrected chi connectivity index (χ2v) is 5.34. The minimum Gasteiger partial charge on any atom is -0.367 e. The smallest absolute Gasteiger partial charge is 0.269 e. The molecule has 0 radical (unpaired) electrons. The number of aryl methyl sites for hydroxylation is 1. The van der Waals surface area contributed by atoms with Gasteiger partial charge in [0.15, 0.2) is 0 Å². The number of nitrogens with zero attached hydrogens (tertiary/aromatic N) is 2. The van der Waals surface area contributed by atoms with E-state index in [0.717, 1.165) is 24.2 Å². The number of non-ortho nitro benzene ring substituents is 1. The van der Waals surface area contributed by atoms with Crippen LogP contribution in [0.15, 0.2) is 18.2 Å². The van der Waals surface area contributed by atoms with Crippen molar-refractivity contribution in [2.45, 2.75) is 32.7 Å². The van der Waals surface area contributed by atoms with Gasteiger partial charge < -0.3 is 10.6 Å². The first-order valence-electron chi connectivity index (χ1n) is 6.76. The Labute approximate surface area is 113 Å². The quantitative estimate of drug-likeness (QED) is 0.671. The van der Waals surface area contributed by atoms with E-state index in [1.54, 1.807) is 12.1 Å². The van der Waals surface area contributed by atoms with E-state index in [-0.39, 0.29) is 10.6 Å². The van der Waals surface area contributed by atoms with Gasteiger partial charge >= 0.3 is 0 Å². The van der Waals surface area contributed by atoms with Crippen molar-refractivity contribution in [1.82, 2.24) is 0 Å². The molecule has 0 amide bonds. The zero-order valence-electron chi connectivity index (χ0n) is 11.5. The number of piperidine rings is 1. The van der Waals surface area contributed by atoms with Gasteiger partial charge in [-0.1, -0.05) is 6.92 Å². The molecule has 1 heterocycles. The molecule has 1 aliphatic rings. The largest absolute Gasteiger partial charge is 0.367 e. The predicted octanol–water partition coefficient (Wildman–Crippen LogP) is 2.47. The molecule has 5 nitrogen and oxygen atoms in total. The molecule has 19 heavy (non-hydrogen) atoms. The second kappa shape index (κ2) is 5.57. The highest BCUT2D eigenvalue weighted by atomic mass is 16.6. The normalized spacial score (nSPS) is 23.4. The van der Waals surface area contributed by atoms with Crippen molar-refractivity contribution in [3.05, 3.63) is 33.9 Å². The maximum atomic E-state index is 10.8. The van der Waals surface area contributed by atoms with Crippen LogP contribution >= 0.6 is 0 Å². The Morgan fingerprint density at radius 3 is 2.84 bits per heavy atom. The van der Waals surface area contributed by atoms with Crippen molar-refractivity contribution in [1.29, 1.82) is 0 Å². The maximum Gasteiger partial charge on any atom is 0.269 e. The Bertz CT molecular complexity index is 476. The molecule has 2 atom stereocenters. The summed E-state index contributed by atoms with van der Waals surface area (Å²) in [7, 11) is 0. The van der Waals surface area contributed by atoms with Gasteiger partial charge in [0.05, 0.1) is 4.92 Å². The van der Waals surface area contributed by atoms with Crippen molar-refractivity contribution in [3.8, 4) is 0 Å². The zero-order chi connectivity index (χ0) is 14.0. The first-order valence-corrected chi connectivity index (χ1v) is 6.76.